The number of benzene rings is 2. The highest BCUT2D eigenvalue weighted by Gasteiger charge is 2.17. The molecular weight excluding hydrogens is 342 g/mol. The highest BCUT2D eigenvalue weighted by atomic mass is 32.2. The fourth-order valence-corrected chi connectivity index (χ4v) is 2.98. The summed E-state index contributed by atoms with van der Waals surface area (Å²) in [6, 6.07) is 11.1. The first-order chi connectivity index (χ1) is 11.8. The number of rotatable bonds is 6. The quantitative estimate of drug-likeness (QED) is 0.853. The van der Waals surface area contributed by atoms with Crippen molar-refractivity contribution in [3.05, 3.63) is 53.6 Å². The van der Waals surface area contributed by atoms with Crippen LogP contribution < -0.4 is 14.8 Å². The topological polar surface area (TPSA) is 81.7 Å². The Bertz CT molecular complexity index is 860. The first-order valence-corrected chi connectivity index (χ1v) is 9.48. The smallest absolute Gasteiger partial charge is 0.255 e. The maximum Gasteiger partial charge on any atom is 0.255 e. The molecule has 1 N–H and O–H groups in total. The number of sulfone groups is 1. The molecule has 134 valence electrons. The third kappa shape index (κ3) is 4.51. The zero-order valence-corrected chi connectivity index (χ0v) is 15.4. The molecule has 0 heterocycles. The summed E-state index contributed by atoms with van der Waals surface area (Å²) in [6.45, 7) is 1.82. The Labute approximate surface area is 147 Å². The average Bonchev–Trinajstić information content (AvgIpc) is 2.60. The first kappa shape index (κ1) is 18.8. The number of hydrogen-bond donors (Lipinski definition) is 1. The molecule has 0 spiro atoms. The van der Waals surface area contributed by atoms with E-state index in [0.717, 1.165) is 11.8 Å². The molecule has 0 aliphatic heterocycles. The van der Waals surface area contributed by atoms with Crippen LogP contribution in [0.2, 0.25) is 0 Å². The standard InChI is InChI=1S/C18H21NO5S/c1-12(13-5-8-15(9-6-13)25(4,21)22)19-18(20)16-11-14(23-2)7-10-17(16)24-3/h5-12H,1-4H3,(H,19,20). The summed E-state index contributed by atoms with van der Waals surface area (Å²) in [5.41, 5.74) is 1.16. The molecule has 0 fully saturated rings. The Morgan fingerprint density at radius 1 is 1.04 bits per heavy atom. The summed E-state index contributed by atoms with van der Waals surface area (Å²) in [7, 11) is -0.231. The van der Waals surface area contributed by atoms with E-state index in [4.69, 9.17) is 9.47 Å². The van der Waals surface area contributed by atoms with E-state index in [0.29, 0.717) is 17.1 Å². The van der Waals surface area contributed by atoms with E-state index in [1.165, 1.54) is 26.4 Å². The van der Waals surface area contributed by atoms with Crippen molar-refractivity contribution in [1.82, 2.24) is 5.32 Å². The summed E-state index contributed by atoms with van der Waals surface area (Å²) < 4.78 is 33.4. The average molecular weight is 363 g/mol. The third-order valence-electron chi connectivity index (χ3n) is 3.81. The van der Waals surface area contributed by atoms with Crippen LogP contribution in [0.25, 0.3) is 0 Å². The first-order valence-electron chi connectivity index (χ1n) is 7.59. The van der Waals surface area contributed by atoms with Crippen LogP contribution in [0.5, 0.6) is 11.5 Å². The van der Waals surface area contributed by atoms with Gasteiger partial charge in [0.05, 0.1) is 30.7 Å². The Balaban J connectivity index is 2.20. The molecule has 0 bridgehead atoms. The molecule has 2 aromatic rings. The van der Waals surface area contributed by atoms with Crippen molar-refractivity contribution in [2.24, 2.45) is 0 Å². The summed E-state index contributed by atoms with van der Waals surface area (Å²) >= 11 is 0. The fraction of sp³-hybridized carbons (Fsp3) is 0.278. The number of carbonyl (C=O) groups excluding carboxylic acids is 1. The minimum absolute atomic E-state index is 0.240. The van der Waals surface area contributed by atoms with Crippen molar-refractivity contribution in [3.8, 4) is 11.5 Å². The van der Waals surface area contributed by atoms with Gasteiger partial charge in [0, 0.05) is 6.26 Å². The lowest BCUT2D eigenvalue weighted by Gasteiger charge is -2.16. The van der Waals surface area contributed by atoms with Crippen LogP contribution in [0.4, 0.5) is 0 Å². The van der Waals surface area contributed by atoms with Crippen molar-refractivity contribution in [1.29, 1.82) is 0 Å². The lowest BCUT2D eigenvalue weighted by Crippen LogP contribution is -2.27. The van der Waals surface area contributed by atoms with E-state index in [-0.39, 0.29) is 16.8 Å². The highest BCUT2D eigenvalue weighted by Crippen LogP contribution is 2.25. The lowest BCUT2D eigenvalue weighted by atomic mass is 10.1. The monoisotopic (exact) mass is 363 g/mol. The second kappa shape index (κ2) is 7.57. The summed E-state index contributed by atoms with van der Waals surface area (Å²) in [4.78, 5) is 12.8. The van der Waals surface area contributed by atoms with Crippen molar-refractivity contribution in [2.75, 3.05) is 20.5 Å². The van der Waals surface area contributed by atoms with Gasteiger partial charge in [0.15, 0.2) is 9.84 Å². The Morgan fingerprint density at radius 2 is 1.68 bits per heavy atom. The Kier molecular flexibility index (Phi) is 5.69. The predicted molar refractivity (Wildman–Crippen MR) is 95.0 cm³/mol. The van der Waals surface area contributed by atoms with Crippen molar-refractivity contribution in [3.63, 3.8) is 0 Å². The molecule has 0 radical (unpaired) electrons. The highest BCUT2D eigenvalue weighted by molar-refractivity contribution is 7.90. The van der Waals surface area contributed by atoms with E-state index < -0.39 is 9.84 Å². The van der Waals surface area contributed by atoms with Crippen molar-refractivity contribution >= 4 is 15.7 Å². The molecule has 25 heavy (non-hydrogen) atoms. The summed E-state index contributed by atoms with van der Waals surface area (Å²) in [6.07, 6.45) is 1.16. The van der Waals surface area contributed by atoms with Gasteiger partial charge >= 0.3 is 0 Å². The van der Waals surface area contributed by atoms with E-state index in [2.05, 4.69) is 5.32 Å². The number of nitrogens with one attached hydrogen (secondary N) is 1. The van der Waals surface area contributed by atoms with Crippen LogP contribution in [0.15, 0.2) is 47.4 Å². The van der Waals surface area contributed by atoms with Crippen LogP contribution in [0, 0.1) is 0 Å². The van der Waals surface area contributed by atoms with Gasteiger partial charge in [0.25, 0.3) is 5.91 Å². The van der Waals surface area contributed by atoms with Crippen molar-refractivity contribution < 1.29 is 22.7 Å². The van der Waals surface area contributed by atoms with Crippen LogP contribution in [0.3, 0.4) is 0 Å². The number of carbonyl (C=O) groups is 1. The van der Waals surface area contributed by atoms with Gasteiger partial charge in [-0.05, 0) is 42.8 Å². The summed E-state index contributed by atoms with van der Waals surface area (Å²) in [5.74, 6) is 0.685. The van der Waals surface area contributed by atoms with Crippen LogP contribution in [-0.2, 0) is 9.84 Å². The predicted octanol–water partition coefficient (Wildman–Crippen LogP) is 2.60. The number of amides is 1. The van der Waals surface area contributed by atoms with Gasteiger partial charge in [-0.2, -0.15) is 0 Å². The molecule has 0 aromatic heterocycles. The van der Waals surface area contributed by atoms with Gasteiger partial charge in [-0.25, -0.2) is 8.42 Å². The van der Waals surface area contributed by atoms with E-state index in [1.807, 2.05) is 6.92 Å². The fourth-order valence-electron chi connectivity index (χ4n) is 2.35. The Hall–Kier alpha value is -2.54. The second-order valence-corrected chi connectivity index (χ2v) is 7.62. The lowest BCUT2D eigenvalue weighted by molar-refractivity contribution is 0.0936. The van der Waals surface area contributed by atoms with Crippen LogP contribution in [-0.4, -0.2) is 34.8 Å². The van der Waals surface area contributed by atoms with Gasteiger partial charge in [-0.15, -0.1) is 0 Å². The number of ether oxygens (including phenoxy) is 2. The van der Waals surface area contributed by atoms with Gasteiger partial charge in [-0.3, -0.25) is 4.79 Å². The molecule has 1 atom stereocenters. The van der Waals surface area contributed by atoms with E-state index in [1.54, 1.807) is 30.3 Å². The largest absolute Gasteiger partial charge is 0.497 e. The van der Waals surface area contributed by atoms with E-state index in [9.17, 15) is 13.2 Å². The number of methoxy groups -OCH3 is 2. The van der Waals surface area contributed by atoms with E-state index >= 15 is 0 Å². The van der Waals surface area contributed by atoms with Gasteiger partial charge in [-0.1, -0.05) is 12.1 Å². The Morgan fingerprint density at radius 3 is 2.20 bits per heavy atom. The van der Waals surface area contributed by atoms with Gasteiger partial charge in [0.2, 0.25) is 0 Å². The maximum atomic E-state index is 12.6. The second-order valence-electron chi connectivity index (χ2n) is 5.60. The van der Waals surface area contributed by atoms with Crippen molar-refractivity contribution in [2.45, 2.75) is 17.9 Å². The molecule has 2 aromatic carbocycles. The molecule has 0 aliphatic carbocycles. The zero-order chi connectivity index (χ0) is 18.6. The molecular formula is C18H21NO5S. The molecule has 1 amide bonds. The SMILES string of the molecule is COc1ccc(OC)c(C(=O)NC(C)c2ccc(S(C)(=O)=O)cc2)c1. The van der Waals surface area contributed by atoms with Gasteiger partial charge < -0.3 is 14.8 Å². The van der Waals surface area contributed by atoms with Crippen LogP contribution >= 0.6 is 0 Å². The summed E-state index contributed by atoms with van der Waals surface area (Å²) in [5, 5.41) is 2.87. The molecule has 0 saturated carbocycles. The van der Waals surface area contributed by atoms with Crippen LogP contribution in [0.1, 0.15) is 28.9 Å². The zero-order valence-electron chi connectivity index (χ0n) is 14.6. The molecule has 1 unspecified atom stereocenters. The minimum Gasteiger partial charge on any atom is -0.497 e. The number of hydrogen-bond acceptors (Lipinski definition) is 5. The normalized spacial score (nSPS) is 12.3. The minimum atomic E-state index is -3.25. The molecule has 7 heteroatoms. The van der Waals surface area contributed by atoms with Gasteiger partial charge in [0.1, 0.15) is 11.5 Å². The molecule has 2 rings (SSSR count). The maximum absolute atomic E-state index is 12.6. The molecule has 0 saturated heterocycles. The molecule has 6 nitrogen and oxygen atoms in total. The third-order valence-corrected chi connectivity index (χ3v) is 4.94. The molecule has 0 aliphatic rings.